The average Bonchev–Trinajstić information content (AvgIpc) is 3.27. The van der Waals surface area contributed by atoms with Gasteiger partial charge in [-0.1, -0.05) is 44.7 Å². The Morgan fingerprint density at radius 2 is 1.83 bits per heavy atom. The Kier molecular flexibility index (Phi) is 5.75. The van der Waals surface area contributed by atoms with Gasteiger partial charge in [-0.2, -0.15) is 0 Å². The van der Waals surface area contributed by atoms with Crippen molar-refractivity contribution in [1.29, 1.82) is 0 Å². The van der Waals surface area contributed by atoms with Crippen LogP contribution in [-0.4, -0.2) is 24.3 Å². The van der Waals surface area contributed by atoms with Crippen LogP contribution in [0.15, 0.2) is 58.4 Å². The molecule has 156 valence electrons. The maximum Gasteiger partial charge on any atom is 0.210 e. The van der Waals surface area contributed by atoms with Crippen molar-refractivity contribution >= 4 is 33.3 Å². The van der Waals surface area contributed by atoms with Gasteiger partial charge in [-0.25, -0.2) is 9.66 Å². The van der Waals surface area contributed by atoms with E-state index in [0.29, 0.717) is 16.7 Å². The number of ether oxygens (including phenoxy) is 1. The van der Waals surface area contributed by atoms with E-state index in [1.807, 2.05) is 41.1 Å². The predicted octanol–water partition coefficient (Wildman–Crippen LogP) is 4.57. The molecule has 7 nitrogen and oxygen atoms in total. The second kappa shape index (κ2) is 8.31. The molecule has 0 saturated heterocycles. The van der Waals surface area contributed by atoms with Crippen LogP contribution in [0.5, 0.6) is 5.75 Å². The van der Waals surface area contributed by atoms with Crippen LogP contribution in [0, 0.1) is 0 Å². The summed E-state index contributed by atoms with van der Waals surface area (Å²) in [7, 11) is 0. The van der Waals surface area contributed by atoms with E-state index in [1.54, 1.807) is 0 Å². The fraction of sp³-hybridized carbons (Fsp3) is 0.286. The second-order valence-corrected chi connectivity index (χ2v) is 9.82. The largest absolute Gasteiger partial charge is 0.486 e. The zero-order valence-electron chi connectivity index (χ0n) is 17.0. The third kappa shape index (κ3) is 4.62. The molecule has 0 amide bonds. The van der Waals surface area contributed by atoms with Crippen LogP contribution in [-0.2, 0) is 17.8 Å². The summed E-state index contributed by atoms with van der Waals surface area (Å²) in [4.78, 5) is 4.60. The summed E-state index contributed by atoms with van der Waals surface area (Å²) >= 11 is 4.96. The Morgan fingerprint density at radius 3 is 2.57 bits per heavy atom. The lowest BCUT2D eigenvalue weighted by Gasteiger charge is -2.19. The molecule has 1 aromatic carbocycles. The number of benzene rings is 1. The van der Waals surface area contributed by atoms with Crippen molar-refractivity contribution in [2.75, 3.05) is 5.84 Å². The van der Waals surface area contributed by atoms with E-state index in [4.69, 9.17) is 10.6 Å². The van der Waals surface area contributed by atoms with Gasteiger partial charge in [0.15, 0.2) is 5.82 Å². The SMILES string of the molecule is CC(C)(C)c1ccc(OCc2nnc(SCc3cn4cc(Br)ccc4n3)n2N)cc1. The number of rotatable bonds is 6. The maximum atomic E-state index is 6.17. The molecule has 0 fully saturated rings. The van der Waals surface area contributed by atoms with E-state index >= 15 is 0 Å². The number of pyridine rings is 1. The molecule has 0 saturated carbocycles. The fourth-order valence-corrected chi connectivity index (χ4v) is 4.04. The highest BCUT2D eigenvalue weighted by molar-refractivity contribution is 9.10. The molecule has 3 heterocycles. The number of nitrogens with zero attached hydrogens (tertiary/aromatic N) is 5. The van der Waals surface area contributed by atoms with Gasteiger partial charge in [0.1, 0.15) is 18.0 Å². The van der Waals surface area contributed by atoms with Gasteiger partial charge in [0.05, 0.1) is 5.69 Å². The number of hydrogen-bond donors (Lipinski definition) is 1. The first-order valence-electron chi connectivity index (χ1n) is 9.48. The van der Waals surface area contributed by atoms with E-state index in [1.165, 1.54) is 22.0 Å². The quantitative estimate of drug-likeness (QED) is 0.317. The molecular formula is C21H23BrN6OS. The van der Waals surface area contributed by atoms with Gasteiger partial charge in [-0.05, 0) is 51.2 Å². The number of nitrogen functional groups attached to an aromatic ring is 1. The zero-order chi connectivity index (χ0) is 21.3. The van der Waals surface area contributed by atoms with Gasteiger partial charge in [0.2, 0.25) is 5.16 Å². The van der Waals surface area contributed by atoms with Crippen molar-refractivity contribution < 1.29 is 4.74 Å². The summed E-state index contributed by atoms with van der Waals surface area (Å²) in [5.74, 6) is 8.15. The smallest absolute Gasteiger partial charge is 0.210 e. The number of imidazole rings is 1. The second-order valence-electron chi connectivity index (χ2n) is 7.97. The Hall–Kier alpha value is -2.52. The van der Waals surface area contributed by atoms with Crippen molar-refractivity contribution in [2.24, 2.45) is 0 Å². The minimum absolute atomic E-state index is 0.111. The Labute approximate surface area is 187 Å². The summed E-state index contributed by atoms with van der Waals surface area (Å²) in [6, 6.07) is 12.0. The van der Waals surface area contributed by atoms with E-state index in [2.05, 4.69) is 64.0 Å². The molecule has 4 rings (SSSR count). The fourth-order valence-electron chi connectivity index (χ4n) is 2.93. The summed E-state index contributed by atoms with van der Waals surface area (Å²) in [5, 5.41) is 8.97. The van der Waals surface area contributed by atoms with Crippen LogP contribution in [0.1, 0.15) is 37.9 Å². The molecule has 4 aromatic rings. The van der Waals surface area contributed by atoms with Crippen molar-refractivity contribution in [2.45, 2.75) is 43.7 Å². The lowest BCUT2D eigenvalue weighted by atomic mass is 9.87. The van der Waals surface area contributed by atoms with Crippen LogP contribution >= 0.6 is 27.7 Å². The molecule has 0 aliphatic rings. The van der Waals surface area contributed by atoms with Crippen LogP contribution < -0.4 is 10.6 Å². The van der Waals surface area contributed by atoms with E-state index in [-0.39, 0.29) is 12.0 Å². The number of fused-ring (bicyclic) bond motifs is 1. The highest BCUT2D eigenvalue weighted by Crippen LogP contribution is 2.25. The summed E-state index contributed by atoms with van der Waals surface area (Å²) < 4.78 is 10.3. The molecule has 2 N–H and O–H groups in total. The Balaban J connectivity index is 1.37. The highest BCUT2D eigenvalue weighted by atomic mass is 79.9. The molecule has 9 heteroatoms. The van der Waals surface area contributed by atoms with Crippen LogP contribution in [0.4, 0.5) is 0 Å². The molecule has 0 atom stereocenters. The molecule has 0 radical (unpaired) electrons. The standard InChI is InChI=1S/C21H23BrN6OS/c1-21(2,3)14-4-7-17(8-5-14)29-12-19-25-26-20(28(19)23)30-13-16-11-27-10-15(22)6-9-18(27)24-16/h4-11H,12-13,23H2,1-3H3. The van der Waals surface area contributed by atoms with E-state index < -0.39 is 0 Å². The third-order valence-corrected chi connectivity index (χ3v) is 6.08. The minimum atomic E-state index is 0.111. The molecule has 0 unspecified atom stereocenters. The van der Waals surface area contributed by atoms with Crippen LogP contribution in [0.3, 0.4) is 0 Å². The van der Waals surface area contributed by atoms with Gasteiger partial charge in [-0.15, -0.1) is 10.2 Å². The summed E-state index contributed by atoms with van der Waals surface area (Å²) in [6.07, 6.45) is 3.97. The number of nitrogens with two attached hydrogens (primary N) is 1. The summed E-state index contributed by atoms with van der Waals surface area (Å²) in [6.45, 7) is 6.81. The molecule has 0 aliphatic heterocycles. The Bertz CT molecular complexity index is 1160. The van der Waals surface area contributed by atoms with Gasteiger partial charge in [0.25, 0.3) is 0 Å². The van der Waals surface area contributed by atoms with Crippen molar-refractivity contribution in [3.63, 3.8) is 0 Å². The van der Waals surface area contributed by atoms with Gasteiger partial charge in [0, 0.05) is 22.6 Å². The molecule has 0 bridgehead atoms. The summed E-state index contributed by atoms with van der Waals surface area (Å²) in [5.41, 5.74) is 3.21. The van der Waals surface area contributed by atoms with Gasteiger partial charge >= 0.3 is 0 Å². The number of aromatic nitrogens is 5. The maximum absolute atomic E-state index is 6.17. The monoisotopic (exact) mass is 486 g/mol. The van der Waals surface area contributed by atoms with Crippen LogP contribution in [0.25, 0.3) is 5.65 Å². The predicted molar refractivity (Wildman–Crippen MR) is 122 cm³/mol. The number of halogens is 1. The number of hydrogen-bond acceptors (Lipinski definition) is 6. The zero-order valence-corrected chi connectivity index (χ0v) is 19.4. The minimum Gasteiger partial charge on any atom is -0.486 e. The topological polar surface area (TPSA) is 83.3 Å². The molecule has 0 spiro atoms. The normalized spacial score (nSPS) is 11.9. The van der Waals surface area contributed by atoms with Crippen LogP contribution in [0.2, 0.25) is 0 Å². The molecule has 30 heavy (non-hydrogen) atoms. The van der Waals surface area contributed by atoms with Gasteiger partial charge in [-0.3, -0.25) is 0 Å². The van der Waals surface area contributed by atoms with Crippen molar-refractivity contribution in [1.82, 2.24) is 24.3 Å². The highest BCUT2D eigenvalue weighted by Gasteiger charge is 2.14. The third-order valence-electron chi connectivity index (χ3n) is 4.64. The lowest BCUT2D eigenvalue weighted by molar-refractivity contribution is 0.291. The number of thioether (sulfide) groups is 1. The molecule has 0 aliphatic carbocycles. The van der Waals surface area contributed by atoms with Crippen molar-refractivity contribution in [3.8, 4) is 5.75 Å². The van der Waals surface area contributed by atoms with E-state index in [0.717, 1.165) is 21.6 Å². The Morgan fingerprint density at radius 1 is 1.07 bits per heavy atom. The first-order valence-corrected chi connectivity index (χ1v) is 11.3. The lowest BCUT2D eigenvalue weighted by Crippen LogP contribution is -2.16. The molecule has 3 aromatic heterocycles. The first-order chi connectivity index (χ1) is 14.3. The van der Waals surface area contributed by atoms with Gasteiger partial charge < -0.3 is 15.0 Å². The average molecular weight is 487 g/mol. The van der Waals surface area contributed by atoms with E-state index in [9.17, 15) is 0 Å². The molecular weight excluding hydrogens is 464 g/mol. The first kappa shape index (κ1) is 20.7. The van der Waals surface area contributed by atoms with Crippen molar-refractivity contribution in [3.05, 3.63) is 70.3 Å².